The van der Waals surface area contributed by atoms with Gasteiger partial charge in [-0.25, -0.2) is 13.6 Å². The molecule has 1 amide bonds. The Labute approximate surface area is 197 Å². The molecule has 1 saturated carbocycles. The number of aliphatic imine (C=N–C) groups is 1. The van der Waals surface area contributed by atoms with Crippen molar-refractivity contribution in [2.75, 3.05) is 11.9 Å². The van der Waals surface area contributed by atoms with Crippen molar-refractivity contribution in [2.45, 2.75) is 56.5 Å². The number of hydrogen-bond acceptors (Lipinski definition) is 4. The van der Waals surface area contributed by atoms with Crippen molar-refractivity contribution in [3.8, 4) is 0 Å². The monoisotopic (exact) mass is 469 g/mol. The van der Waals surface area contributed by atoms with Crippen molar-refractivity contribution in [3.05, 3.63) is 65.7 Å². The highest BCUT2D eigenvalue weighted by atomic mass is 19.3. The summed E-state index contributed by atoms with van der Waals surface area (Å²) < 4.78 is 27.4. The first kappa shape index (κ1) is 24.0. The fraction of sp³-hybridized carbons (Fsp3) is 0.423. The van der Waals surface area contributed by atoms with Gasteiger partial charge >= 0.3 is 5.97 Å². The molecule has 0 spiro atoms. The number of anilines is 1. The Kier molecular flexibility index (Phi) is 7.36. The van der Waals surface area contributed by atoms with Crippen molar-refractivity contribution < 1.29 is 23.5 Å². The maximum absolute atomic E-state index is 13.7. The Morgan fingerprint density at radius 1 is 1.03 bits per heavy atom. The van der Waals surface area contributed by atoms with Gasteiger partial charge in [0.05, 0.1) is 17.4 Å². The molecule has 180 valence electrons. The van der Waals surface area contributed by atoms with Crippen molar-refractivity contribution >= 4 is 23.3 Å². The van der Waals surface area contributed by atoms with Crippen LogP contribution in [0.4, 0.5) is 14.5 Å². The summed E-state index contributed by atoms with van der Waals surface area (Å²) in [4.78, 5) is 29.7. The highest BCUT2D eigenvalue weighted by Gasteiger charge is 2.40. The number of carboxylic acid groups (broad SMARTS) is 1. The number of carbonyl (C=O) groups is 2. The summed E-state index contributed by atoms with van der Waals surface area (Å²) in [5, 5.41) is 16.1. The van der Waals surface area contributed by atoms with Gasteiger partial charge in [0, 0.05) is 24.0 Å². The summed E-state index contributed by atoms with van der Waals surface area (Å²) in [6, 6.07) is 14.8. The molecule has 0 unspecified atom stereocenters. The van der Waals surface area contributed by atoms with Crippen LogP contribution < -0.4 is 10.6 Å². The second kappa shape index (κ2) is 10.4. The zero-order valence-electron chi connectivity index (χ0n) is 18.8. The number of rotatable bonds is 7. The number of carboxylic acids is 1. The fourth-order valence-electron chi connectivity index (χ4n) is 4.70. The first-order chi connectivity index (χ1) is 16.3. The maximum Gasteiger partial charge on any atom is 0.328 e. The molecule has 1 heterocycles. The molecule has 34 heavy (non-hydrogen) atoms. The third kappa shape index (κ3) is 5.67. The van der Waals surface area contributed by atoms with Gasteiger partial charge in [-0.3, -0.25) is 9.79 Å². The zero-order chi connectivity index (χ0) is 24.1. The van der Waals surface area contributed by atoms with Crippen LogP contribution in [0.2, 0.25) is 0 Å². The number of alkyl halides is 2. The Hall–Kier alpha value is -3.13. The molecule has 6 nitrogen and oxygen atoms in total. The van der Waals surface area contributed by atoms with Gasteiger partial charge in [-0.2, -0.15) is 0 Å². The maximum atomic E-state index is 13.7. The summed E-state index contributed by atoms with van der Waals surface area (Å²) in [7, 11) is 0. The van der Waals surface area contributed by atoms with Crippen LogP contribution in [0, 0.1) is 5.92 Å². The summed E-state index contributed by atoms with van der Waals surface area (Å²) in [6.07, 6.45) is 1.21. The van der Waals surface area contributed by atoms with Crippen molar-refractivity contribution in [2.24, 2.45) is 10.9 Å². The highest BCUT2D eigenvalue weighted by molar-refractivity contribution is 6.17. The van der Waals surface area contributed by atoms with E-state index in [-0.39, 0.29) is 37.6 Å². The van der Waals surface area contributed by atoms with E-state index in [1.54, 1.807) is 24.3 Å². The van der Waals surface area contributed by atoms with Crippen molar-refractivity contribution in [1.29, 1.82) is 0 Å². The molecule has 1 aliphatic carbocycles. The standard InChI is InChI=1S/C26H29F2N3O3/c27-26(28)14-12-18(13-15-26)23(25(33)34)31-22(17-7-2-1-3-8-17)19-9-4-5-10-20(19)30-24(32)21-11-6-16-29-21/h1-5,7-10,18,21,23,29H,6,11-16H2,(H,30,32)(H,33,34)/b31-22+/t21-,23-/m0/s1. The molecule has 0 radical (unpaired) electrons. The Morgan fingerprint density at radius 2 is 1.71 bits per heavy atom. The third-order valence-electron chi connectivity index (χ3n) is 6.59. The van der Waals surface area contributed by atoms with Crippen LogP contribution in [0.15, 0.2) is 59.6 Å². The van der Waals surface area contributed by atoms with Crippen LogP contribution in [0.5, 0.6) is 0 Å². The average Bonchev–Trinajstić information content (AvgIpc) is 3.37. The van der Waals surface area contributed by atoms with Crippen LogP contribution in [0.3, 0.4) is 0 Å². The molecule has 1 saturated heterocycles. The molecule has 4 rings (SSSR count). The summed E-state index contributed by atoms with van der Waals surface area (Å²) in [5.41, 5.74) is 2.23. The summed E-state index contributed by atoms with van der Waals surface area (Å²) >= 11 is 0. The fourth-order valence-corrected chi connectivity index (χ4v) is 4.70. The molecule has 2 aromatic carbocycles. The molecule has 8 heteroatoms. The number of aliphatic carboxylic acids is 1. The Balaban J connectivity index is 1.72. The number of para-hydroxylation sites is 1. The SMILES string of the molecule is O=C(Nc1ccccc1/C(=N/[C@H](C(=O)O)C1CCC(F)(F)CC1)c1ccccc1)[C@@H]1CCCN1. The predicted molar refractivity (Wildman–Crippen MR) is 127 cm³/mol. The molecule has 1 aliphatic heterocycles. The van der Waals surface area contributed by atoms with Gasteiger partial charge in [0.25, 0.3) is 0 Å². The van der Waals surface area contributed by atoms with Crippen LogP contribution >= 0.6 is 0 Å². The van der Waals surface area contributed by atoms with E-state index >= 15 is 0 Å². The van der Waals surface area contributed by atoms with E-state index in [2.05, 4.69) is 15.6 Å². The second-order valence-corrected chi connectivity index (χ2v) is 9.00. The van der Waals surface area contributed by atoms with Gasteiger partial charge in [-0.05, 0) is 44.2 Å². The van der Waals surface area contributed by atoms with E-state index in [9.17, 15) is 23.5 Å². The molecule has 2 aromatic rings. The van der Waals surface area contributed by atoms with E-state index in [1.165, 1.54) is 0 Å². The van der Waals surface area contributed by atoms with E-state index in [0.29, 0.717) is 22.5 Å². The minimum atomic E-state index is -2.75. The lowest BCUT2D eigenvalue weighted by Crippen LogP contribution is -2.36. The molecule has 2 fully saturated rings. The quantitative estimate of drug-likeness (QED) is 0.521. The Morgan fingerprint density at radius 3 is 2.35 bits per heavy atom. The lowest BCUT2D eigenvalue weighted by atomic mass is 9.82. The predicted octanol–water partition coefficient (Wildman–Crippen LogP) is 4.49. The van der Waals surface area contributed by atoms with Crippen LogP contribution in [0.25, 0.3) is 0 Å². The zero-order valence-corrected chi connectivity index (χ0v) is 18.8. The van der Waals surface area contributed by atoms with Gasteiger partial charge in [-0.15, -0.1) is 0 Å². The van der Waals surface area contributed by atoms with Gasteiger partial charge < -0.3 is 15.7 Å². The molecule has 2 atom stereocenters. The molecule has 3 N–H and O–H groups in total. The number of halogens is 2. The lowest BCUT2D eigenvalue weighted by Gasteiger charge is -2.30. The van der Waals surface area contributed by atoms with Crippen LogP contribution in [0.1, 0.15) is 49.7 Å². The van der Waals surface area contributed by atoms with E-state index in [1.807, 2.05) is 30.3 Å². The first-order valence-electron chi connectivity index (χ1n) is 11.7. The highest BCUT2D eigenvalue weighted by Crippen LogP contribution is 2.38. The van der Waals surface area contributed by atoms with E-state index in [0.717, 1.165) is 19.4 Å². The van der Waals surface area contributed by atoms with Gasteiger partial charge in [0.1, 0.15) is 0 Å². The third-order valence-corrected chi connectivity index (χ3v) is 6.59. The topological polar surface area (TPSA) is 90.8 Å². The van der Waals surface area contributed by atoms with Crippen LogP contribution in [-0.4, -0.2) is 47.2 Å². The summed E-state index contributed by atoms with van der Waals surface area (Å²) in [5.74, 6) is -4.53. The van der Waals surface area contributed by atoms with E-state index < -0.39 is 23.9 Å². The number of carbonyl (C=O) groups excluding carboxylic acids is 1. The van der Waals surface area contributed by atoms with Crippen LogP contribution in [-0.2, 0) is 9.59 Å². The smallest absolute Gasteiger partial charge is 0.328 e. The average molecular weight is 470 g/mol. The Bertz CT molecular complexity index is 1040. The van der Waals surface area contributed by atoms with Crippen molar-refractivity contribution in [3.63, 3.8) is 0 Å². The largest absolute Gasteiger partial charge is 0.480 e. The van der Waals surface area contributed by atoms with E-state index in [4.69, 9.17) is 0 Å². The molecule has 2 aliphatic rings. The number of hydrogen-bond donors (Lipinski definition) is 3. The van der Waals surface area contributed by atoms with Gasteiger partial charge in [0.15, 0.2) is 6.04 Å². The minimum absolute atomic E-state index is 0.0985. The molecule has 0 aromatic heterocycles. The second-order valence-electron chi connectivity index (χ2n) is 9.00. The first-order valence-corrected chi connectivity index (χ1v) is 11.7. The molecule has 0 bridgehead atoms. The van der Waals surface area contributed by atoms with Gasteiger partial charge in [-0.1, -0.05) is 48.5 Å². The minimum Gasteiger partial charge on any atom is -0.480 e. The van der Waals surface area contributed by atoms with Crippen molar-refractivity contribution in [1.82, 2.24) is 5.32 Å². The number of amides is 1. The molecular weight excluding hydrogens is 440 g/mol. The lowest BCUT2D eigenvalue weighted by molar-refractivity contribution is -0.141. The normalized spacial score (nSPS) is 21.7. The van der Waals surface area contributed by atoms with Gasteiger partial charge in [0.2, 0.25) is 11.8 Å². The summed E-state index contributed by atoms with van der Waals surface area (Å²) in [6.45, 7) is 0.789. The molecular formula is C26H29F2N3O3. The number of nitrogens with one attached hydrogen (secondary N) is 2. The number of nitrogens with zero attached hydrogens (tertiary/aromatic N) is 1. The number of benzene rings is 2.